The van der Waals surface area contributed by atoms with E-state index < -0.39 is 0 Å². The molecule has 0 aromatic heterocycles. The molecule has 1 aromatic rings. The first-order chi connectivity index (χ1) is 6.85. The smallest absolute Gasteiger partial charge is 0.119 e. The first-order valence-electron chi connectivity index (χ1n) is 4.61. The maximum absolute atomic E-state index is 5.82. The summed E-state index contributed by atoms with van der Waals surface area (Å²) in [6, 6.07) is 6.05. The molecular formula is C11H13Cl2NO. The second-order valence-electron chi connectivity index (χ2n) is 3.24. The molecule has 0 N–H and O–H groups in total. The van der Waals surface area contributed by atoms with Crippen LogP contribution in [0.15, 0.2) is 23.2 Å². The summed E-state index contributed by atoms with van der Waals surface area (Å²) in [6.07, 6.45) is 0.979. The van der Waals surface area contributed by atoms with Crippen LogP contribution < -0.4 is 4.74 Å². The van der Waals surface area contributed by atoms with Crippen molar-refractivity contribution in [2.24, 2.45) is 4.99 Å². The molecule has 0 saturated heterocycles. The Bertz CT molecular complexity index is 377. The average molecular weight is 246 g/mol. The third-order valence-corrected chi connectivity index (χ3v) is 2.69. The zero-order chi connectivity index (χ0) is 9.97. The number of aliphatic imine (C=N–C) groups is 1. The number of hydrogen-bond acceptors (Lipinski definition) is 2. The number of methoxy groups -OCH3 is 1. The number of halogens is 2. The molecule has 0 bridgehead atoms. The van der Waals surface area contributed by atoms with Crippen molar-refractivity contribution in [1.29, 1.82) is 0 Å². The number of benzene rings is 1. The van der Waals surface area contributed by atoms with E-state index in [0.717, 1.165) is 24.4 Å². The lowest BCUT2D eigenvalue weighted by molar-refractivity contribution is 0.414. The van der Waals surface area contributed by atoms with Gasteiger partial charge in [0.15, 0.2) is 0 Å². The lowest BCUT2D eigenvalue weighted by atomic mass is 9.98. The molecule has 2 nitrogen and oxygen atoms in total. The summed E-state index contributed by atoms with van der Waals surface area (Å²) in [5, 5.41) is 0. The first kappa shape index (κ1) is 12.3. The summed E-state index contributed by atoms with van der Waals surface area (Å²) < 4.78 is 5.18. The van der Waals surface area contributed by atoms with Crippen LogP contribution in [0.5, 0.6) is 5.75 Å². The fourth-order valence-electron chi connectivity index (χ4n) is 1.70. The van der Waals surface area contributed by atoms with Crippen LogP contribution in [0, 0.1) is 0 Å². The first-order valence-corrected chi connectivity index (χ1v) is 5.15. The average Bonchev–Trinajstić information content (AvgIpc) is 2.27. The van der Waals surface area contributed by atoms with Crippen molar-refractivity contribution in [2.75, 3.05) is 19.5 Å². The molecule has 1 aromatic carbocycles. The molecule has 1 heterocycles. The summed E-state index contributed by atoms with van der Waals surface area (Å²) in [7, 11) is 1.68. The SMILES string of the molecule is COc1ccc2c(c1)CCN=C2CCl.Cl. The number of alkyl halides is 1. The molecule has 0 aliphatic carbocycles. The predicted molar refractivity (Wildman–Crippen MR) is 66.1 cm³/mol. The van der Waals surface area contributed by atoms with E-state index in [4.69, 9.17) is 16.3 Å². The number of rotatable bonds is 2. The van der Waals surface area contributed by atoms with Gasteiger partial charge in [0.05, 0.1) is 18.7 Å². The highest BCUT2D eigenvalue weighted by atomic mass is 35.5. The lowest BCUT2D eigenvalue weighted by Crippen LogP contribution is -2.14. The number of nitrogens with zero attached hydrogens (tertiary/aromatic N) is 1. The molecule has 4 heteroatoms. The van der Waals surface area contributed by atoms with Gasteiger partial charge in [-0.25, -0.2) is 0 Å². The molecule has 0 amide bonds. The zero-order valence-corrected chi connectivity index (χ0v) is 10.1. The summed E-state index contributed by atoms with van der Waals surface area (Å²) in [6.45, 7) is 0.836. The van der Waals surface area contributed by atoms with Crippen LogP contribution in [0.1, 0.15) is 11.1 Å². The Kier molecular flexibility index (Phi) is 4.43. The van der Waals surface area contributed by atoms with E-state index in [1.807, 2.05) is 12.1 Å². The van der Waals surface area contributed by atoms with E-state index in [2.05, 4.69) is 11.1 Å². The van der Waals surface area contributed by atoms with Crippen LogP contribution in [0.4, 0.5) is 0 Å². The van der Waals surface area contributed by atoms with Crippen molar-refractivity contribution >= 4 is 29.7 Å². The fraction of sp³-hybridized carbons (Fsp3) is 0.364. The molecule has 0 atom stereocenters. The minimum Gasteiger partial charge on any atom is -0.497 e. The molecule has 2 rings (SSSR count). The van der Waals surface area contributed by atoms with E-state index in [-0.39, 0.29) is 12.4 Å². The van der Waals surface area contributed by atoms with Gasteiger partial charge < -0.3 is 4.74 Å². The van der Waals surface area contributed by atoms with Crippen molar-refractivity contribution in [3.05, 3.63) is 29.3 Å². The highest BCUT2D eigenvalue weighted by molar-refractivity contribution is 6.32. The second kappa shape index (κ2) is 5.38. The minimum atomic E-state index is 0. The van der Waals surface area contributed by atoms with Gasteiger partial charge in [0, 0.05) is 12.1 Å². The van der Waals surface area contributed by atoms with E-state index in [0.29, 0.717) is 5.88 Å². The Labute approximate surface area is 101 Å². The minimum absolute atomic E-state index is 0. The second-order valence-corrected chi connectivity index (χ2v) is 3.50. The maximum Gasteiger partial charge on any atom is 0.119 e. The number of fused-ring (bicyclic) bond motifs is 1. The summed E-state index contributed by atoms with van der Waals surface area (Å²) in [4.78, 5) is 4.39. The lowest BCUT2D eigenvalue weighted by Gasteiger charge is -2.16. The van der Waals surface area contributed by atoms with Crippen molar-refractivity contribution in [2.45, 2.75) is 6.42 Å². The topological polar surface area (TPSA) is 21.6 Å². The quantitative estimate of drug-likeness (QED) is 0.735. The Morgan fingerprint density at radius 1 is 1.47 bits per heavy atom. The van der Waals surface area contributed by atoms with Crippen LogP contribution in [-0.2, 0) is 6.42 Å². The third-order valence-electron chi connectivity index (χ3n) is 2.43. The van der Waals surface area contributed by atoms with Gasteiger partial charge in [-0.15, -0.1) is 24.0 Å². The monoisotopic (exact) mass is 245 g/mol. The summed E-state index contributed by atoms with van der Waals surface area (Å²) in [5.74, 6) is 1.39. The van der Waals surface area contributed by atoms with Crippen LogP contribution in [0.25, 0.3) is 0 Å². The van der Waals surface area contributed by atoms with Gasteiger partial charge in [0.25, 0.3) is 0 Å². The molecule has 1 aliphatic heterocycles. The van der Waals surface area contributed by atoms with Crippen LogP contribution in [-0.4, -0.2) is 25.2 Å². The zero-order valence-electron chi connectivity index (χ0n) is 8.50. The van der Waals surface area contributed by atoms with Gasteiger partial charge in [0.2, 0.25) is 0 Å². The Morgan fingerprint density at radius 3 is 2.93 bits per heavy atom. The highest BCUT2D eigenvalue weighted by Gasteiger charge is 2.13. The van der Waals surface area contributed by atoms with Gasteiger partial charge in [-0.3, -0.25) is 4.99 Å². The van der Waals surface area contributed by atoms with Crippen LogP contribution in [0.3, 0.4) is 0 Å². The van der Waals surface area contributed by atoms with E-state index >= 15 is 0 Å². The van der Waals surface area contributed by atoms with Crippen molar-refractivity contribution in [3.8, 4) is 5.75 Å². The standard InChI is InChI=1S/C11H12ClNO.ClH/c1-14-9-2-3-10-8(6-9)4-5-13-11(10)7-12;/h2-3,6H,4-5,7H2,1H3;1H. The molecule has 0 radical (unpaired) electrons. The molecule has 0 spiro atoms. The Morgan fingerprint density at radius 2 is 2.27 bits per heavy atom. The molecule has 82 valence electrons. The highest BCUT2D eigenvalue weighted by Crippen LogP contribution is 2.22. The molecule has 15 heavy (non-hydrogen) atoms. The van der Waals surface area contributed by atoms with E-state index in [1.54, 1.807) is 7.11 Å². The van der Waals surface area contributed by atoms with Gasteiger partial charge >= 0.3 is 0 Å². The number of ether oxygens (including phenoxy) is 1. The third kappa shape index (κ3) is 2.44. The Hall–Kier alpha value is -0.730. The predicted octanol–water partition coefficient (Wildman–Crippen LogP) is 2.70. The van der Waals surface area contributed by atoms with Gasteiger partial charge in [-0.05, 0) is 30.2 Å². The van der Waals surface area contributed by atoms with Gasteiger partial charge in [-0.2, -0.15) is 0 Å². The fourth-order valence-corrected chi connectivity index (χ4v) is 1.92. The molecule has 0 fully saturated rings. The van der Waals surface area contributed by atoms with E-state index in [1.165, 1.54) is 11.1 Å². The van der Waals surface area contributed by atoms with Crippen LogP contribution >= 0.6 is 24.0 Å². The summed E-state index contributed by atoms with van der Waals surface area (Å²) >= 11 is 5.82. The van der Waals surface area contributed by atoms with Crippen molar-refractivity contribution in [1.82, 2.24) is 0 Å². The van der Waals surface area contributed by atoms with Crippen molar-refractivity contribution < 1.29 is 4.74 Å². The Balaban J connectivity index is 0.00000112. The van der Waals surface area contributed by atoms with Gasteiger partial charge in [0.1, 0.15) is 5.75 Å². The molecule has 1 aliphatic rings. The van der Waals surface area contributed by atoms with E-state index in [9.17, 15) is 0 Å². The van der Waals surface area contributed by atoms with Crippen LogP contribution in [0.2, 0.25) is 0 Å². The maximum atomic E-state index is 5.82. The van der Waals surface area contributed by atoms with Gasteiger partial charge in [-0.1, -0.05) is 0 Å². The largest absolute Gasteiger partial charge is 0.497 e. The number of hydrogen-bond donors (Lipinski definition) is 0. The molecule has 0 saturated carbocycles. The molecule has 0 unspecified atom stereocenters. The normalized spacial score (nSPS) is 13.6. The summed E-state index contributed by atoms with van der Waals surface area (Å²) in [5.41, 5.74) is 3.46. The molecular weight excluding hydrogens is 233 g/mol. The van der Waals surface area contributed by atoms with Crippen molar-refractivity contribution in [3.63, 3.8) is 0 Å².